The van der Waals surface area contributed by atoms with Crippen LogP contribution in [0.5, 0.6) is 5.75 Å². The number of hydrogen-bond acceptors (Lipinski definition) is 5. The van der Waals surface area contributed by atoms with Gasteiger partial charge in [-0.3, -0.25) is 14.5 Å². The van der Waals surface area contributed by atoms with Crippen molar-refractivity contribution in [2.24, 2.45) is 23.2 Å². The van der Waals surface area contributed by atoms with Crippen molar-refractivity contribution in [3.8, 4) is 5.75 Å². The van der Waals surface area contributed by atoms with E-state index in [4.69, 9.17) is 0 Å². The van der Waals surface area contributed by atoms with Crippen molar-refractivity contribution in [1.29, 1.82) is 0 Å². The topological polar surface area (TPSA) is 93.1 Å². The zero-order valence-electron chi connectivity index (χ0n) is 23.7. The number of piperazine rings is 1. The second-order valence-corrected chi connectivity index (χ2v) is 13.1. The molecule has 2 saturated carbocycles. The van der Waals surface area contributed by atoms with Crippen molar-refractivity contribution < 1.29 is 19.8 Å². The van der Waals surface area contributed by atoms with Crippen molar-refractivity contribution in [3.63, 3.8) is 0 Å². The van der Waals surface area contributed by atoms with Gasteiger partial charge in [0.05, 0.1) is 5.60 Å². The molecule has 3 aliphatic carbocycles. The summed E-state index contributed by atoms with van der Waals surface area (Å²) in [4.78, 5) is 29.4. The Kier molecular flexibility index (Phi) is 7.55. The molecular formula is C31H47N3O4. The molecule has 210 valence electrons. The molecule has 38 heavy (non-hydrogen) atoms. The van der Waals surface area contributed by atoms with Gasteiger partial charge in [-0.2, -0.15) is 0 Å². The molecule has 2 amide bonds. The second-order valence-electron chi connectivity index (χ2n) is 13.1. The number of hydrogen-bond donors (Lipinski definition) is 3. The maximum Gasteiger partial charge on any atom is 0.245 e. The number of rotatable bonds is 6. The van der Waals surface area contributed by atoms with E-state index in [-0.39, 0.29) is 23.1 Å². The lowest BCUT2D eigenvalue weighted by molar-refractivity contribution is -0.141. The second kappa shape index (κ2) is 10.5. The van der Waals surface area contributed by atoms with Crippen LogP contribution in [0.3, 0.4) is 0 Å². The number of β-amino-alcohol motifs (C(OH)–C–C–N with tert-alkyl or cyclic N) is 1. The fourth-order valence-corrected chi connectivity index (χ4v) is 8.42. The highest BCUT2D eigenvalue weighted by Gasteiger charge is 2.61. The molecule has 0 spiro atoms. The molecule has 0 bridgehead atoms. The van der Waals surface area contributed by atoms with Gasteiger partial charge < -0.3 is 20.4 Å². The number of phenols is 1. The van der Waals surface area contributed by atoms with E-state index >= 15 is 0 Å². The standard InChI is InChI=1S/C31H47N3O4/c1-5-27(36)32-28(20(2)3)29(37)34-16-14-33(15-17-34)19-31(38)13-11-26-25-8-6-21-18-22(35)7-9-23(21)24(25)10-12-30(26,31)4/h7,9,18,20,24-26,28,35,38H,5-6,8,10-17,19H2,1-4H3,(H,32,36)/t24-,25-,26+,28+,30+,31-/m1/s1. The van der Waals surface area contributed by atoms with E-state index in [0.717, 1.165) is 51.6 Å². The number of fused-ring (bicyclic) bond motifs is 5. The monoisotopic (exact) mass is 525 g/mol. The first-order valence-corrected chi connectivity index (χ1v) is 14.9. The minimum Gasteiger partial charge on any atom is -0.508 e. The number of amides is 2. The summed E-state index contributed by atoms with van der Waals surface area (Å²) in [5, 5.41) is 25.1. The van der Waals surface area contributed by atoms with Gasteiger partial charge in [0, 0.05) is 44.6 Å². The molecular weight excluding hydrogens is 478 g/mol. The summed E-state index contributed by atoms with van der Waals surface area (Å²) in [5.74, 6) is 1.99. The Balaban J connectivity index is 1.22. The Hall–Kier alpha value is -2.12. The van der Waals surface area contributed by atoms with Crippen molar-refractivity contribution in [2.75, 3.05) is 32.7 Å². The summed E-state index contributed by atoms with van der Waals surface area (Å²) in [7, 11) is 0. The first kappa shape index (κ1) is 27.4. The number of aliphatic hydroxyl groups is 1. The molecule has 3 N–H and O–H groups in total. The Morgan fingerprint density at radius 2 is 1.84 bits per heavy atom. The van der Waals surface area contributed by atoms with Crippen molar-refractivity contribution in [2.45, 2.75) is 90.2 Å². The molecule has 0 aromatic heterocycles. The quantitative estimate of drug-likeness (QED) is 0.527. The number of nitrogens with one attached hydrogen (secondary N) is 1. The maximum atomic E-state index is 13.2. The molecule has 0 unspecified atom stereocenters. The van der Waals surface area contributed by atoms with Crippen LogP contribution in [0, 0.1) is 23.2 Å². The lowest BCUT2D eigenvalue weighted by Crippen LogP contribution is -2.60. The summed E-state index contributed by atoms with van der Waals surface area (Å²) >= 11 is 0. The molecule has 4 aliphatic rings. The van der Waals surface area contributed by atoms with Crippen LogP contribution in [0.1, 0.15) is 83.3 Å². The number of carbonyl (C=O) groups is 2. The molecule has 7 nitrogen and oxygen atoms in total. The molecule has 7 heteroatoms. The highest BCUT2D eigenvalue weighted by atomic mass is 16.3. The van der Waals surface area contributed by atoms with Crippen LogP contribution >= 0.6 is 0 Å². The molecule has 1 aliphatic heterocycles. The van der Waals surface area contributed by atoms with E-state index in [1.54, 1.807) is 6.92 Å². The molecule has 1 heterocycles. The first-order chi connectivity index (χ1) is 18.1. The van der Waals surface area contributed by atoms with Crippen LogP contribution in [-0.4, -0.2) is 76.2 Å². The summed E-state index contributed by atoms with van der Waals surface area (Å²) in [6.45, 7) is 11.6. The van der Waals surface area contributed by atoms with Crippen LogP contribution in [-0.2, 0) is 16.0 Å². The maximum absolute atomic E-state index is 13.2. The fraction of sp³-hybridized carbons (Fsp3) is 0.742. The lowest BCUT2D eigenvalue weighted by Gasteiger charge is -2.54. The van der Waals surface area contributed by atoms with Gasteiger partial charge in [0.1, 0.15) is 11.8 Å². The van der Waals surface area contributed by atoms with Gasteiger partial charge in [0.25, 0.3) is 0 Å². The predicted molar refractivity (Wildman–Crippen MR) is 148 cm³/mol. The largest absolute Gasteiger partial charge is 0.508 e. The predicted octanol–water partition coefficient (Wildman–Crippen LogP) is 3.67. The summed E-state index contributed by atoms with van der Waals surface area (Å²) in [5.41, 5.74) is 1.93. The highest BCUT2D eigenvalue weighted by molar-refractivity contribution is 5.87. The minimum absolute atomic E-state index is 0.0114. The van der Waals surface area contributed by atoms with Gasteiger partial charge in [-0.25, -0.2) is 0 Å². The zero-order chi connectivity index (χ0) is 27.2. The van der Waals surface area contributed by atoms with E-state index in [9.17, 15) is 19.8 Å². The van der Waals surface area contributed by atoms with Gasteiger partial charge in [-0.15, -0.1) is 0 Å². The normalized spacial score (nSPS) is 33.8. The molecule has 0 radical (unpaired) electrons. The third kappa shape index (κ3) is 4.74. The average Bonchev–Trinajstić information content (AvgIpc) is 3.16. The van der Waals surface area contributed by atoms with E-state index in [0.29, 0.717) is 49.6 Å². The number of aryl methyl sites for hydroxylation is 1. The number of benzene rings is 1. The van der Waals surface area contributed by atoms with Crippen LogP contribution in [0.4, 0.5) is 0 Å². The summed E-state index contributed by atoms with van der Waals surface area (Å²) in [6.07, 6.45) is 6.58. The number of aromatic hydroxyl groups is 1. The average molecular weight is 526 g/mol. The zero-order valence-corrected chi connectivity index (χ0v) is 23.7. The number of phenolic OH excluding ortho intramolecular Hbond substituents is 1. The number of nitrogens with zero attached hydrogens (tertiary/aromatic N) is 2. The molecule has 1 aromatic rings. The van der Waals surface area contributed by atoms with Crippen LogP contribution in [0.15, 0.2) is 18.2 Å². The van der Waals surface area contributed by atoms with Gasteiger partial charge >= 0.3 is 0 Å². The molecule has 3 fully saturated rings. The fourth-order valence-electron chi connectivity index (χ4n) is 8.42. The van der Waals surface area contributed by atoms with Crippen LogP contribution < -0.4 is 5.32 Å². The van der Waals surface area contributed by atoms with Gasteiger partial charge in [-0.1, -0.05) is 33.8 Å². The summed E-state index contributed by atoms with van der Waals surface area (Å²) < 4.78 is 0. The van der Waals surface area contributed by atoms with E-state index in [1.165, 1.54) is 11.1 Å². The summed E-state index contributed by atoms with van der Waals surface area (Å²) in [6, 6.07) is 5.46. The van der Waals surface area contributed by atoms with Crippen molar-refractivity contribution in [3.05, 3.63) is 29.3 Å². The highest BCUT2D eigenvalue weighted by Crippen LogP contribution is 2.64. The van der Waals surface area contributed by atoms with E-state index in [1.807, 2.05) is 30.9 Å². The molecule has 1 saturated heterocycles. The Labute approximate surface area is 228 Å². The third-order valence-corrected chi connectivity index (χ3v) is 10.8. The Morgan fingerprint density at radius 1 is 1.11 bits per heavy atom. The van der Waals surface area contributed by atoms with Crippen molar-refractivity contribution in [1.82, 2.24) is 15.1 Å². The van der Waals surface area contributed by atoms with Gasteiger partial charge in [-0.05, 0) is 85.5 Å². The molecule has 6 atom stereocenters. The van der Waals surface area contributed by atoms with E-state index in [2.05, 4.69) is 23.2 Å². The van der Waals surface area contributed by atoms with Gasteiger partial charge in [0.15, 0.2) is 0 Å². The van der Waals surface area contributed by atoms with E-state index < -0.39 is 11.6 Å². The van der Waals surface area contributed by atoms with Crippen molar-refractivity contribution >= 4 is 11.8 Å². The third-order valence-electron chi connectivity index (χ3n) is 10.8. The molecule has 5 rings (SSSR count). The minimum atomic E-state index is -0.709. The Morgan fingerprint density at radius 3 is 2.53 bits per heavy atom. The lowest BCUT2D eigenvalue weighted by atomic mass is 9.53. The smallest absolute Gasteiger partial charge is 0.245 e. The SMILES string of the molecule is CCC(=O)N[C@H](C(=O)N1CCN(C[C@]2(O)CC[C@H]3[C@@H]4CCc5cc(O)ccc5[C@H]4CC[C@@]32C)CC1)C(C)C. The number of carbonyl (C=O) groups excluding carboxylic acids is 2. The first-order valence-electron chi connectivity index (χ1n) is 14.9. The van der Waals surface area contributed by atoms with Crippen LogP contribution in [0.2, 0.25) is 0 Å². The van der Waals surface area contributed by atoms with Gasteiger partial charge in [0.2, 0.25) is 11.8 Å². The molecule has 1 aromatic carbocycles. The van der Waals surface area contributed by atoms with Crippen LogP contribution in [0.25, 0.3) is 0 Å². The Bertz CT molecular complexity index is 1050.